The molecule has 3 rings (SSSR count). The Balaban J connectivity index is 2.34. The van der Waals surface area contributed by atoms with E-state index in [0.717, 1.165) is 27.6 Å². The molecule has 0 unspecified atom stereocenters. The second kappa shape index (κ2) is 4.43. The number of para-hydroxylation sites is 1. The molecule has 2 aromatic carbocycles. The summed E-state index contributed by atoms with van der Waals surface area (Å²) in [5, 5.41) is 1.70. The third kappa shape index (κ3) is 1.87. The molecule has 0 spiro atoms. The van der Waals surface area contributed by atoms with Crippen LogP contribution in [0.4, 0.5) is 0 Å². The van der Waals surface area contributed by atoms with Gasteiger partial charge in [-0.1, -0.05) is 60.1 Å². The molecule has 88 valence electrons. The lowest BCUT2D eigenvalue weighted by atomic mass is 10.0. The van der Waals surface area contributed by atoms with Crippen molar-refractivity contribution in [2.75, 3.05) is 0 Å². The number of pyridine rings is 1. The first-order valence-electron chi connectivity index (χ1n) is 5.87. The number of nitrogens with zero attached hydrogens (tertiary/aromatic N) is 1. The number of aromatic nitrogens is 1. The molecule has 0 saturated carbocycles. The Morgan fingerprint density at radius 2 is 1.72 bits per heavy atom. The maximum absolute atomic E-state index is 6.14. The lowest BCUT2D eigenvalue weighted by Gasteiger charge is -2.07. The van der Waals surface area contributed by atoms with Crippen LogP contribution in [-0.4, -0.2) is 4.98 Å². The lowest BCUT2D eigenvalue weighted by Crippen LogP contribution is -1.88. The summed E-state index contributed by atoms with van der Waals surface area (Å²) in [6.07, 6.45) is 0. The van der Waals surface area contributed by atoms with E-state index in [-0.39, 0.29) is 0 Å². The smallest absolute Gasteiger partial charge is 0.132 e. The van der Waals surface area contributed by atoms with E-state index < -0.39 is 0 Å². The van der Waals surface area contributed by atoms with Gasteiger partial charge in [0.05, 0.1) is 5.52 Å². The molecule has 0 amide bonds. The van der Waals surface area contributed by atoms with Crippen molar-refractivity contribution in [1.29, 1.82) is 0 Å². The van der Waals surface area contributed by atoms with Gasteiger partial charge in [0, 0.05) is 10.9 Å². The Morgan fingerprint density at radius 1 is 0.944 bits per heavy atom. The normalized spacial score (nSPS) is 10.8. The molecular weight excluding hydrogens is 242 g/mol. The first-order chi connectivity index (χ1) is 8.75. The minimum absolute atomic E-state index is 0.575. The van der Waals surface area contributed by atoms with Crippen LogP contribution in [0.2, 0.25) is 5.15 Å². The summed E-state index contributed by atoms with van der Waals surface area (Å²) in [5.41, 5.74) is 4.25. The SMILES string of the molecule is Cc1cc2cccc(-c3ccccc3)c2nc1Cl. The van der Waals surface area contributed by atoms with Crippen molar-refractivity contribution in [1.82, 2.24) is 4.98 Å². The fraction of sp³-hybridized carbons (Fsp3) is 0.0625. The second-order valence-corrected chi connectivity index (χ2v) is 4.70. The highest BCUT2D eigenvalue weighted by atomic mass is 35.5. The summed E-state index contributed by atoms with van der Waals surface area (Å²) >= 11 is 6.14. The van der Waals surface area contributed by atoms with E-state index in [4.69, 9.17) is 11.6 Å². The van der Waals surface area contributed by atoms with Crippen LogP contribution in [-0.2, 0) is 0 Å². The number of benzene rings is 2. The molecular formula is C16H12ClN. The van der Waals surface area contributed by atoms with Crippen LogP contribution in [0, 0.1) is 6.92 Å². The van der Waals surface area contributed by atoms with Crippen LogP contribution < -0.4 is 0 Å². The number of halogens is 1. The summed E-state index contributed by atoms with van der Waals surface area (Å²) < 4.78 is 0. The highest BCUT2D eigenvalue weighted by Crippen LogP contribution is 2.29. The van der Waals surface area contributed by atoms with Gasteiger partial charge in [0.25, 0.3) is 0 Å². The van der Waals surface area contributed by atoms with Crippen LogP contribution in [0.25, 0.3) is 22.0 Å². The molecule has 0 aliphatic carbocycles. The largest absolute Gasteiger partial charge is 0.235 e. The van der Waals surface area contributed by atoms with Crippen molar-refractivity contribution in [3.05, 3.63) is 65.3 Å². The van der Waals surface area contributed by atoms with Gasteiger partial charge in [0.15, 0.2) is 0 Å². The third-order valence-electron chi connectivity index (χ3n) is 3.06. The Bertz CT molecular complexity index is 705. The molecule has 1 aromatic heterocycles. The number of fused-ring (bicyclic) bond motifs is 1. The van der Waals surface area contributed by atoms with Gasteiger partial charge in [-0.3, -0.25) is 0 Å². The molecule has 0 aliphatic rings. The number of hydrogen-bond donors (Lipinski definition) is 0. The summed E-state index contributed by atoms with van der Waals surface area (Å²) in [4.78, 5) is 4.52. The number of hydrogen-bond acceptors (Lipinski definition) is 1. The zero-order valence-electron chi connectivity index (χ0n) is 10.0. The summed E-state index contributed by atoms with van der Waals surface area (Å²) in [7, 11) is 0. The summed E-state index contributed by atoms with van der Waals surface area (Å²) in [6, 6.07) is 18.5. The zero-order chi connectivity index (χ0) is 12.5. The number of rotatable bonds is 1. The third-order valence-corrected chi connectivity index (χ3v) is 3.44. The summed E-state index contributed by atoms with van der Waals surface area (Å²) in [6.45, 7) is 1.98. The van der Waals surface area contributed by atoms with Crippen LogP contribution in [0.5, 0.6) is 0 Å². The summed E-state index contributed by atoms with van der Waals surface area (Å²) in [5.74, 6) is 0. The quantitative estimate of drug-likeness (QED) is 0.564. The van der Waals surface area contributed by atoms with Crippen LogP contribution >= 0.6 is 11.6 Å². The predicted molar refractivity (Wildman–Crippen MR) is 76.9 cm³/mol. The van der Waals surface area contributed by atoms with Crippen molar-refractivity contribution in [2.24, 2.45) is 0 Å². The van der Waals surface area contributed by atoms with Gasteiger partial charge < -0.3 is 0 Å². The first-order valence-corrected chi connectivity index (χ1v) is 6.25. The van der Waals surface area contributed by atoms with E-state index in [0.29, 0.717) is 5.15 Å². The van der Waals surface area contributed by atoms with Gasteiger partial charge in [-0.15, -0.1) is 0 Å². The molecule has 0 atom stereocenters. The lowest BCUT2D eigenvalue weighted by molar-refractivity contribution is 1.33. The van der Waals surface area contributed by atoms with E-state index >= 15 is 0 Å². The van der Waals surface area contributed by atoms with Gasteiger partial charge in [0.1, 0.15) is 5.15 Å². The fourth-order valence-corrected chi connectivity index (χ4v) is 2.27. The molecule has 2 heteroatoms. The van der Waals surface area contributed by atoms with Crippen LogP contribution in [0.1, 0.15) is 5.56 Å². The van der Waals surface area contributed by atoms with Crippen molar-refractivity contribution in [2.45, 2.75) is 6.92 Å². The van der Waals surface area contributed by atoms with E-state index in [9.17, 15) is 0 Å². The van der Waals surface area contributed by atoms with E-state index in [1.54, 1.807) is 0 Å². The van der Waals surface area contributed by atoms with Gasteiger partial charge in [-0.2, -0.15) is 0 Å². The van der Waals surface area contributed by atoms with Crippen molar-refractivity contribution in [3.8, 4) is 11.1 Å². The molecule has 0 radical (unpaired) electrons. The highest BCUT2D eigenvalue weighted by molar-refractivity contribution is 6.30. The second-order valence-electron chi connectivity index (χ2n) is 4.34. The first kappa shape index (κ1) is 11.2. The average molecular weight is 254 g/mol. The maximum atomic E-state index is 6.14. The predicted octanol–water partition coefficient (Wildman–Crippen LogP) is 4.86. The van der Waals surface area contributed by atoms with Gasteiger partial charge in [-0.05, 0) is 24.1 Å². The molecule has 18 heavy (non-hydrogen) atoms. The molecule has 1 nitrogen and oxygen atoms in total. The average Bonchev–Trinajstić information content (AvgIpc) is 2.40. The molecule has 0 fully saturated rings. The molecule has 0 saturated heterocycles. The van der Waals surface area contributed by atoms with Crippen molar-refractivity contribution >= 4 is 22.5 Å². The van der Waals surface area contributed by atoms with E-state index in [2.05, 4.69) is 41.4 Å². The van der Waals surface area contributed by atoms with Crippen LogP contribution in [0.3, 0.4) is 0 Å². The van der Waals surface area contributed by atoms with Crippen molar-refractivity contribution in [3.63, 3.8) is 0 Å². The molecule has 0 N–H and O–H groups in total. The zero-order valence-corrected chi connectivity index (χ0v) is 10.8. The Hall–Kier alpha value is -1.86. The minimum Gasteiger partial charge on any atom is -0.235 e. The standard InChI is InChI=1S/C16H12ClN/c1-11-10-13-8-5-9-14(15(13)18-16(11)17)12-6-3-2-4-7-12/h2-10H,1H3. The van der Waals surface area contributed by atoms with Gasteiger partial charge in [-0.25, -0.2) is 4.98 Å². The van der Waals surface area contributed by atoms with Crippen molar-refractivity contribution < 1.29 is 0 Å². The Morgan fingerprint density at radius 3 is 2.50 bits per heavy atom. The topological polar surface area (TPSA) is 12.9 Å². The monoisotopic (exact) mass is 253 g/mol. The van der Waals surface area contributed by atoms with E-state index in [1.165, 1.54) is 0 Å². The van der Waals surface area contributed by atoms with Gasteiger partial charge in [0.2, 0.25) is 0 Å². The highest BCUT2D eigenvalue weighted by Gasteiger charge is 2.07. The Kier molecular flexibility index (Phi) is 2.77. The minimum atomic E-state index is 0.575. The maximum Gasteiger partial charge on any atom is 0.132 e. The van der Waals surface area contributed by atoms with E-state index in [1.807, 2.05) is 25.1 Å². The molecule has 0 bridgehead atoms. The van der Waals surface area contributed by atoms with Crippen LogP contribution in [0.15, 0.2) is 54.6 Å². The fourth-order valence-electron chi connectivity index (χ4n) is 2.13. The molecule has 1 heterocycles. The number of aryl methyl sites for hydroxylation is 1. The Labute approximate surface area is 111 Å². The molecule has 3 aromatic rings. The van der Waals surface area contributed by atoms with Gasteiger partial charge >= 0.3 is 0 Å². The molecule has 0 aliphatic heterocycles.